The fraction of sp³-hybridized carbons (Fsp3) is 1.00. The largest absolute Gasteiger partial charge is 0.313 e. The van der Waals surface area contributed by atoms with Crippen LogP contribution in [0.4, 0.5) is 0 Å². The van der Waals surface area contributed by atoms with E-state index in [4.69, 9.17) is 0 Å². The number of likely N-dealkylation sites (N-methyl/N-ethyl adjacent to an activating group) is 2. The number of piperidine rings is 1. The highest BCUT2D eigenvalue weighted by Gasteiger charge is 2.32. The molecule has 0 aromatic rings. The third kappa shape index (κ3) is 4.17. The maximum Gasteiger partial charge on any atom is 0.0250 e. The maximum absolute atomic E-state index is 3.76. The third-order valence-corrected chi connectivity index (χ3v) is 5.07. The summed E-state index contributed by atoms with van der Waals surface area (Å²) in [6.45, 7) is 5.96. The molecule has 3 heteroatoms. The standard InChI is InChI=1S/C16H33N3/c1-4-17-15-10-6-5-7-11-16(15)19-12-8-9-14(13-19)18(2)3/h14-17H,4-13H2,1-3H3. The summed E-state index contributed by atoms with van der Waals surface area (Å²) in [7, 11) is 4.48. The molecule has 2 fully saturated rings. The Morgan fingerprint density at radius 1 is 1.05 bits per heavy atom. The number of nitrogens with one attached hydrogen (secondary N) is 1. The van der Waals surface area contributed by atoms with Crippen molar-refractivity contribution in [2.75, 3.05) is 33.7 Å². The Balaban J connectivity index is 1.99. The van der Waals surface area contributed by atoms with Crippen LogP contribution in [0.25, 0.3) is 0 Å². The molecule has 0 amide bonds. The summed E-state index contributed by atoms with van der Waals surface area (Å²) in [6, 6.07) is 2.28. The minimum absolute atomic E-state index is 0.730. The molecule has 0 aromatic heterocycles. The zero-order valence-electron chi connectivity index (χ0n) is 13.2. The van der Waals surface area contributed by atoms with Gasteiger partial charge in [0, 0.05) is 24.7 Å². The minimum atomic E-state index is 0.730. The van der Waals surface area contributed by atoms with E-state index in [1.165, 1.54) is 58.0 Å². The Bertz CT molecular complexity index is 254. The second-order valence-electron chi connectivity index (χ2n) is 6.62. The normalized spacial score (nSPS) is 34.4. The van der Waals surface area contributed by atoms with Gasteiger partial charge in [0.05, 0.1) is 0 Å². The van der Waals surface area contributed by atoms with E-state index in [0.717, 1.165) is 24.7 Å². The monoisotopic (exact) mass is 267 g/mol. The van der Waals surface area contributed by atoms with E-state index in [0.29, 0.717) is 0 Å². The summed E-state index contributed by atoms with van der Waals surface area (Å²) in [6.07, 6.45) is 9.80. The average Bonchev–Trinajstić information content (AvgIpc) is 2.65. The summed E-state index contributed by atoms with van der Waals surface area (Å²) in [5.41, 5.74) is 0. The molecule has 1 N–H and O–H groups in total. The fourth-order valence-corrected chi connectivity index (χ4v) is 3.93. The molecule has 0 bridgehead atoms. The molecule has 3 unspecified atom stereocenters. The first-order valence-corrected chi connectivity index (χ1v) is 8.36. The van der Waals surface area contributed by atoms with Crippen LogP contribution in [0.1, 0.15) is 51.9 Å². The number of likely N-dealkylation sites (tertiary alicyclic amines) is 1. The number of hydrogen-bond donors (Lipinski definition) is 1. The lowest BCUT2D eigenvalue weighted by molar-refractivity contribution is 0.0745. The van der Waals surface area contributed by atoms with Gasteiger partial charge in [-0.3, -0.25) is 4.90 Å². The van der Waals surface area contributed by atoms with E-state index in [-0.39, 0.29) is 0 Å². The molecular formula is C16H33N3. The smallest absolute Gasteiger partial charge is 0.0250 e. The molecule has 0 aromatic carbocycles. The van der Waals surface area contributed by atoms with Gasteiger partial charge in [-0.2, -0.15) is 0 Å². The molecule has 0 radical (unpaired) electrons. The predicted octanol–water partition coefficient (Wildman–Crippen LogP) is 2.32. The number of rotatable bonds is 4. The Hall–Kier alpha value is -0.120. The summed E-state index contributed by atoms with van der Waals surface area (Å²) in [4.78, 5) is 5.22. The quantitative estimate of drug-likeness (QED) is 0.789. The van der Waals surface area contributed by atoms with Gasteiger partial charge in [-0.15, -0.1) is 0 Å². The Morgan fingerprint density at radius 3 is 2.58 bits per heavy atom. The van der Waals surface area contributed by atoms with Crippen LogP contribution in [0.15, 0.2) is 0 Å². The second-order valence-corrected chi connectivity index (χ2v) is 6.62. The summed E-state index contributed by atoms with van der Waals surface area (Å²) in [5.74, 6) is 0. The molecule has 19 heavy (non-hydrogen) atoms. The van der Waals surface area contributed by atoms with E-state index in [2.05, 4.69) is 36.1 Å². The van der Waals surface area contributed by atoms with Gasteiger partial charge in [0.25, 0.3) is 0 Å². The van der Waals surface area contributed by atoms with E-state index in [1.807, 2.05) is 0 Å². The van der Waals surface area contributed by atoms with Crippen molar-refractivity contribution in [2.45, 2.75) is 70.0 Å². The first-order chi connectivity index (χ1) is 9.22. The molecule has 1 saturated heterocycles. The van der Waals surface area contributed by atoms with Crippen LogP contribution >= 0.6 is 0 Å². The highest BCUT2D eigenvalue weighted by atomic mass is 15.2. The molecular weight excluding hydrogens is 234 g/mol. The van der Waals surface area contributed by atoms with Crippen molar-refractivity contribution in [1.29, 1.82) is 0 Å². The molecule has 112 valence electrons. The molecule has 3 atom stereocenters. The van der Waals surface area contributed by atoms with Crippen molar-refractivity contribution >= 4 is 0 Å². The molecule has 2 rings (SSSR count). The fourth-order valence-electron chi connectivity index (χ4n) is 3.93. The van der Waals surface area contributed by atoms with Gasteiger partial charge in [0.15, 0.2) is 0 Å². The van der Waals surface area contributed by atoms with E-state index >= 15 is 0 Å². The van der Waals surface area contributed by atoms with Crippen LogP contribution in [0.2, 0.25) is 0 Å². The van der Waals surface area contributed by atoms with Crippen molar-refractivity contribution in [1.82, 2.24) is 15.1 Å². The van der Waals surface area contributed by atoms with Crippen LogP contribution in [0, 0.1) is 0 Å². The maximum atomic E-state index is 3.76. The molecule has 1 saturated carbocycles. The molecule has 2 aliphatic rings. The first kappa shape index (κ1) is 15.3. The van der Waals surface area contributed by atoms with Gasteiger partial charge in [0.1, 0.15) is 0 Å². The number of nitrogens with zero attached hydrogens (tertiary/aromatic N) is 2. The molecule has 3 nitrogen and oxygen atoms in total. The van der Waals surface area contributed by atoms with E-state index in [1.54, 1.807) is 0 Å². The SMILES string of the molecule is CCNC1CCCCCC1N1CCCC(N(C)C)C1. The van der Waals surface area contributed by atoms with Crippen molar-refractivity contribution in [3.63, 3.8) is 0 Å². The first-order valence-electron chi connectivity index (χ1n) is 8.36. The zero-order valence-corrected chi connectivity index (χ0v) is 13.2. The van der Waals surface area contributed by atoms with Gasteiger partial charge in [-0.25, -0.2) is 0 Å². The van der Waals surface area contributed by atoms with Crippen LogP contribution in [-0.2, 0) is 0 Å². The van der Waals surface area contributed by atoms with Crippen molar-refractivity contribution < 1.29 is 0 Å². The number of hydrogen-bond acceptors (Lipinski definition) is 3. The summed E-state index contributed by atoms with van der Waals surface area (Å²) in [5, 5.41) is 3.76. The van der Waals surface area contributed by atoms with Gasteiger partial charge in [-0.05, 0) is 52.9 Å². The van der Waals surface area contributed by atoms with Crippen molar-refractivity contribution in [2.24, 2.45) is 0 Å². The van der Waals surface area contributed by atoms with E-state index < -0.39 is 0 Å². The van der Waals surface area contributed by atoms with Crippen LogP contribution < -0.4 is 5.32 Å². The molecule has 1 aliphatic carbocycles. The Morgan fingerprint density at radius 2 is 1.84 bits per heavy atom. The highest BCUT2D eigenvalue weighted by Crippen LogP contribution is 2.26. The molecule has 0 spiro atoms. The van der Waals surface area contributed by atoms with Crippen LogP contribution in [0.5, 0.6) is 0 Å². The topological polar surface area (TPSA) is 18.5 Å². The summed E-state index contributed by atoms with van der Waals surface area (Å²) < 4.78 is 0. The van der Waals surface area contributed by atoms with E-state index in [9.17, 15) is 0 Å². The molecule has 1 aliphatic heterocycles. The van der Waals surface area contributed by atoms with Crippen LogP contribution in [-0.4, -0.2) is 61.7 Å². The highest BCUT2D eigenvalue weighted by molar-refractivity contribution is 4.90. The zero-order chi connectivity index (χ0) is 13.7. The lowest BCUT2D eigenvalue weighted by Gasteiger charge is -2.43. The minimum Gasteiger partial charge on any atom is -0.313 e. The van der Waals surface area contributed by atoms with Gasteiger partial charge < -0.3 is 10.2 Å². The second kappa shape index (κ2) is 7.61. The average molecular weight is 267 g/mol. The Labute approximate surface area is 119 Å². The van der Waals surface area contributed by atoms with Crippen LogP contribution in [0.3, 0.4) is 0 Å². The Kier molecular flexibility index (Phi) is 6.11. The van der Waals surface area contributed by atoms with Gasteiger partial charge in [0.2, 0.25) is 0 Å². The lowest BCUT2D eigenvalue weighted by atomic mass is 9.96. The van der Waals surface area contributed by atoms with Gasteiger partial charge >= 0.3 is 0 Å². The third-order valence-electron chi connectivity index (χ3n) is 5.07. The van der Waals surface area contributed by atoms with Gasteiger partial charge in [-0.1, -0.05) is 26.2 Å². The summed E-state index contributed by atoms with van der Waals surface area (Å²) >= 11 is 0. The van der Waals surface area contributed by atoms with Crippen molar-refractivity contribution in [3.05, 3.63) is 0 Å². The molecule has 1 heterocycles. The predicted molar refractivity (Wildman–Crippen MR) is 82.6 cm³/mol. The van der Waals surface area contributed by atoms with Crippen molar-refractivity contribution in [3.8, 4) is 0 Å². The lowest BCUT2D eigenvalue weighted by Crippen LogP contribution is -2.55.